The highest BCUT2D eigenvalue weighted by Gasteiger charge is 2.50. The zero-order valence-corrected chi connectivity index (χ0v) is 23.3. The summed E-state index contributed by atoms with van der Waals surface area (Å²) in [4.78, 5) is 43.5. The third-order valence-electron chi connectivity index (χ3n) is 6.72. The molecule has 1 N–H and O–H groups in total. The number of carbonyl (C=O) groups is 3. The quantitative estimate of drug-likeness (QED) is 0.451. The fourth-order valence-corrected chi connectivity index (χ4v) is 6.19. The van der Waals surface area contributed by atoms with E-state index in [1.807, 2.05) is 24.5 Å². The van der Waals surface area contributed by atoms with Gasteiger partial charge in [-0.2, -0.15) is 23.5 Å². The molecule has 4 rings (SSSR count). The van der Waals surface area contributed by atoms with Crippen molar-refractivity contribution in [2.45, 2.75) is 30.9 Å². The molecule has 0 bridgehead atoms. The predicted octanol–water partition coefficient (Wildman–Crippen LogP) is 3.25. The van der Waals surface area contributed by atoms with Crippen LogP contribution < -0.4 is 5.32 Å². The minimum absolute atomic E-state index is 0.0104. The molecule has 4 amide bonds. The Kier molecular flexibility index (Phi) is 9.92. The molecule has 0 saturated carbocycles. The van der Waals surface area contributed by atoms with Gasteiger partial charge in [0.15, 0.2) is 0 Å². The molecule has 2 aliphatic rings. The lowest BCUT2D eigenvalue weighted by Gasteiger charge is -2.54. The molecule has 2 aromatic rings. The summed E-state index contributed by atoms with van der Waals surface area (Å²) in [5.74, 6) is 1.79. The van der Waals surface area contributed by atoms with Crippen LogP contribution in [0.2, 0.25) is 0 Å². The molecule has 0 radical (unpaired) electrons. The van der Waals surface area contributed by atoms with Crippen molar-refractivity contribution >= 4 is 41.4 Å². The van der Waals surface area contributed by atoms with Gasteiger partial charge in [-0.15, -0.1) is 0 Å². The number of hydrazine groups is 1. The lowest BCUT2D eigenvalue weighted by atomic mass is 10.0. The number of carbonyl (C=O) groups excluding carboxylic acids is 3. The van der Waals surface area contributed by atoms with Gasteiger partial charge in [-0.05, 0) is 41.7 Å². The Balaban J connectivity index is 1.47. The number of hydrogen-bond acceptors (Lipinski definition) is 6. The number of urea groups is 1. The first-order valence-electron chi connectivity index (χ1n) is 12.6. The van der Waals surface area contributed by atoms with E-state index in [9.17, 15) is 18.8 Å². The first-order chi connectivity index (χ1) is 18.4. The van der Waals surface area contributed by atoms with Crippen molar-refractivity contribution in [3.05, 3.63) is 71.5 Å². The molecule has 2 aromatic carbocycles. The van der Waals surface area contributed by atoms with Crippen molar-refractivity contribution in [1.82, 2.24) is 25.1 Å². The molecular weight excluding hydrogens is 525 g/mol. The summed E-state index contributed by atoms with van der Waals surface area (Å²) in [6, 6.07) is 15.2. The number of halogens is 1. The van der Waals surface area contributed by atoms with Crippen molar-refractivity contribution in [1.29, 1.82) is 0 Å². The van der Waals surface area contributed by atoms with Gasteiger partial charge in [0.1, 0.15) is 18.0 Å². The number of rotatable bonds is 10. The van der Waals surface area contributed by atoms with E-state index in [1.165, 1.54) is 17.7 Å². The van der Waals surface area contributed by atoms with Gasteiger partial charge in [0.25, 0.3) is 0 Å². The van der Waals surface area contributed by atoms with Crippen molar-refractivity contribution < 1.29 is 18.8 Å². The Morgan fingerprint density at radius 1 is 1.05 bits per heavy atom. The molecule has 11 heteroatoms. The molecule has 2 atom stereocenters. The second-order valence-corrected chi connectivity index (χ2v) is 11.4. The maximum atomic E-state index is 13.5. The lowest BCUT2D eigenvalue weighted by Crippen LogP contribution is -2.76. The van der Waals surface area contributed by atoms with Gasteiger partial charge in [0.2, 0.25) is 11.8 Å². The Morgan fingerprint density at radius 2 is 1.79 bits per heavy atom. The first-order valence-corrected chi connectivity index (χ1v) is 15.2. The van der Waals surface area contributed by atoms with E-state index >= 15 is 0 Å². The van der Waals surface area contributed by atoms with Crippen LogP contribution in [0.1, 0.15) is 17.5 Å². The normalized spacial score (nSPS) is 20.0. The van der Waals surface area contributed by atoms with Gasteiger partial charge in [-0.25, -0.2) is 19.2 Å². The molecular formula is C27H34FN5O3S2. The molecule has 0 aromatic heterocycles. The zero-order valence-electron chi connectivity index (χ0n) is 21.7. The highest BCUT2D eigenvalue weighted by atomic mass is 32.2. The molecule has 2 aliphatic heterocycles. The van der Waals surface area contributed by atoms with Crippen LogP contribution >= 0.6 is 23.5 Å². The average Bonchev–Trinajstić information content (AvgIpc) is 2.91. The average molecular weight is 560 g/mol. The van der Waals surface area contributed by atoms with Crippen molar-refractivity contribution in [2.75, 3.05) is 44.4 Å². The molecule has 0 aliphatic carbocycles. The predicted molar refractivity (Wildman–Crippen MR) is 150 cm³/mol. The number of nitrogens with one attached hydrogen (secondary N) is 1. The molecule has 2 fully saturated rings. The number of thioether (sulfide) groups is 2. The third-order valence-corrected chi connectivity index (χ3v) is 8.37. The van der Waals surface area contributed by atoms with E-state index in [4.69, 9.17) is 0 Å². The Bertz CT molecular complexity index is 1110. The van der Waals surface area contributed by atoms with Crippen LogP contribution in [0.15, 0.2) is 54.6 Å². The van der Waals surface area contributed by atoms with Gasteiger partial charge in [0, 0.05) is 31.6 Å². The summed E-state index contributed by atoms with van der Waals surface area (Å²) in [5, 5.41) is 6.06. The van der Waals surface area contributed by atoms with Crippen molar-refractivity contribution in [2.24, 2.45) is 0 Å². The highest BCUT2D eigenvalue weighted by molar-refractivity contribution is 7.98. The van der Waals surface area contributed by atoms with Crippen LogP contribution in [-0.2, 0) is 21.9 Å². The summed E-state index contributed by atoms with van der Waals surface area (Å²) in [6.45, 7) is 1.02. The standard InChI is InChI=1S/C27H34FN5O3S2/c1-30-18-25(34)32-23(12-14-37-2)26(35)31(13-15-38-19-21-6-4-3-5-7-21)17-24(32)33(30)27(36)29-16-20-8-10-22(28)11-9-20/h3-11,23-24H,12-19H2,1-2H3,(H,29,36)/t23-,24-/m0/s1. The molecule has 0 spiro atoms. The number of likely N-dealkylation sites (N-methyl/N-ethyl adjacent to an activating group) is 1. The minimum Gasteiger partial charge on any atom is -0.336 e. The number of nitrogens with zero attached hydrogens (tertiary/aromatic N) is 4. The molecule has 204 valence electrons. The summed E-state index contributed by atoms with van der Waals surface area (Å²) in [6.07, 6.45) is 1.91. The summed E-state index contributed by atoms with van der Waals surface area (Å²) >= 11 is 3.39. The molecule has 2 saturated heterocycles. The molecule has 0 unspecified atom stereocenters. The van der Waals surface area contributed by atoms with E-state index in [2.05, 4.69) is 17.4 Å². The first kappa shape index (κ1) is 28.3. The van der Waals surface area contributed by atoms with Crippen LogP contribution in [0.3, 0.4) is 0 Å². The molecule has 2 heterocycles. The van der Waals surface area contributed by atoms with Crippen LogP contribution in [0.5, 0.6) is 0 Å². The van der Waals surface area contributed by atoms with Crippen LogP contribution in [0.25, 0.3) is 0 Å². The second kappa shape index (κ2) is 13.3. The zero-order chi connectivity index (χ0) is 27.1. The number of benzene rings is 2. The van der Waals surface area contributed by atoms with Crippen LogP contribution in [-0.4, -0.2) is 94.3 Å². The van der Waals surface area contributed by atoms with Gasteiger partial charge >= 0.3 is 6.03 Å². The largest absolute Gasteiger partial charge is 0.336 e. The number of hydrogen-bond donors (Lipinski definition) is 1. The second-order valence-electron chi connectivity index (χ2n) is 9.35. The van der Waals surface area contributed by atoms with E-state index in [0.717, 1.165) is 22.8 Å². The Morgan fingerprint density at radius 3 is 2.50 bits per heavy atom. The fraction of sp³-hybridized carbons (Fsp3) is 0.444. The monoisotopic (exact) mass is 559 g/mol. The maximum Gasteiger partial charge on any atom is 0.334 e. The van der Waals surface area contributed by atoms with Gasteiger partial charge in [-0.3, -0.25) is 9.59 Å². The van der Waals surface area contributed by atoms with E-state index in [-0.39, 0.29) is 43.3 Å². The highest BCUT2D eigenvalue weighted by Crippen LogP contribution is 2.28. The SMILES string of the molecule is CSCC[C@H]1C(=O)N(CCSCc2ccccc2)C[C@H]2N1C(=O)CN(C)N2C(=O)NCc1ccc(F)cc1. The number of amides is 4. The topological polar surface area (TPSA) is 76.2 Å². The van der Waals surface area contributed by atoms with E-state index in [0.29, 0.717) is 13.0 Å². The Labute approximate surface area is 231 Å². The summed E-state index contributed by atoms with van der Waals surface area (Å²) in [7, 11) is 1.71. The Hall–Kier alpha value is -2.76. The number of fused-ring (bicyclic) bond motifs is 1. The molecule has 38 heavy (non-hydrogen) atoms. The fourth-order valence-electron chi connectivity index (χ4n) is 4.81. The van der Waals surface area contributed by atoms with Gasteiger partial charge in [-0.1, -0.05) is 42.5 Å². The summed E-state index contributed by atoms with van der Waals surface area (Å²) in [5.41, 5.74) is 2.00. The van der Waals surface area contributed by atoms with Crippen molar-refractivity contribution in [3.63, 3.8) is 0 Å². The van der Waals surface area contributed by atoms with Crippen LogP contribution in [0.4, 0.5) is 9.18 Å². The van der Waals surface area contributed by atoms with E-state index in [1.54, 1.807) is 62.5 Å². The minimum atomic E-state index is -0.603. The van der Waals surface area contributed by atoms with E-state index < -0.39 is 12.2 Å². The van der Waals surface area contributed by atoms with Gasteiger partial charge in [0.05, 0.1) is 13.1 Å². The summed E-state index contributed by atoms with van der Waals surface area (Å²) < 4.78 is 13.3. The number of piperazine rings is 1. The van der Waals surface area contributed by atoms with Crippen molar-refractivity contribution in [3.8, 4) is 0 Å². The van der Waals surface area contributed by atoms with Gasteiger partial charge < -0.3 is 15.1 Å². The lowest BCUT2D eigenvalue weighted by molar-refractivity contribution is -0.186. The maximum absolute atomic E-state index is 13.5. The molecule has 8 nitrogen and oxygen atoms in total. The van der Waals surface area contributed by atoms with Crippen LogP contribution in [0, 0.1) is 5.82 Å². The third kappa shape index (κ3) is 6.81. The smallest absolute Gasteiger partial charge is 0.334 e.